The highest BCUT2D eigenvalue weighted by molar-refractivity contribution is 4.99. The molecule has 0 bridgehead atoms. The summed E-state index contributed by atoms with van der Waals surface area (Å²) in [6.45, 7) is 7.03. The van der Waals surface area contributed by atoms with E-state index in [0.717, 1.165) is 18.9 Å². The van der Waals surface area contributed by atoms with E-state index in [4.69, 9.17) is 4.74 Å². The van der Waals surface area contributed by atoms with Crippen LogP contribution in [0.15, 0.2) is 0 Å². The lowest BCUT2D eigenvalue weighted by atomic mass is 9.94. The number of nitrogens with zero attached hydrogens (tertiary/aromatic N) is 4. The Kier molecular flexibility index (Phi) is 2.94. The molecule has 2 rings (SSSR count). The minimum absolute atomic E-state index is 0.135. The SMILES string of the molecule is CNC(C)c1nnnn1C1(C)CCOC1C. The van der Waals surface area contributed by atoms with E-state index < -0.39 is 0 Å². The van der Waals surface area contributed by atoms with Gasteiger partial charge in [0, 0.05) is 6.61 Å². The highest BCUT2D eigenvalue weighted by Gasteiger charge is 2.42. The quantitative estimate of drug-likeness (QED) is 0.810. The van der Waals surface area contributed by atoms with Gasteiger partial charge >= 0.3 is 0 Å². The predicted octanol–water partition coefficient (Wildman–Crippen LogP) is 0.477. The molecule has 0 radical (unpaired) electrons. The van der Waals surface area contributed by atoms with Crippen LogP contribution in [0.4, 0.5) is 0 Å². The summed E-state index contributed by atoms with van der Waals surface area (Å²) in [6.07, 6.45) is 1.08. The van der Waals surface area contributed by atoms with Crippen molar-refractivity contribution >= 4 is 0 Å². The van der Waals surface area contributed by atoms with Crippen molar-refractivity contribution in [3.63, 3.8) is 0 Å². The second kappa shape index (κ2) is 4.10. The first kappa shape index (κ1) is 11.5. The molecule has 6 heteroatoms. The fourth-order valence-electron chi connectivity index (χ4n) is 2.06. The van der Waals surface area contributed by atoms with Crippen molar-refractivity contribution in [2.24, 2.45) is 0 Å². The molecule has 1 aliphatic rings. The minimum atomic E-state index is -0.135. The van der Waals surface area contributed by atoms with E-state index in [-0.39, 0.29) is 17.7 Å². The molecule has 0 aliphatic carbocycles. The summed E-state index contributed by atoms with van der Waals surface area (Å²) in [4.78, 5) is 0. The number of ether oxygens (including phenoxy) is 1. The zero-order valence-corrected chi connectivity index (χ0v) is 10.3. The molecule has 0 saturated carbocycles. The normalized spacial score (nSPS) is 31.9. The lowest BCUT2D eigenvalue weighted by molar-refractivity contribution is 0.0678. The van der Waals surface area contributed by atoms with Crippen LogP contribution in [0.3, 0.4) is 0 Å². The van der Waals surface area contributed by atoms with E-state index in [9.17, 15) is 0 Å². The van der Waals surface area contributed by atoms with Gasteiger partial charge < -0.3 is 10.1 Å². The van der Waals surface area contributed by atoms with Crippen LogP contribution in [0.5, 0.6) is 0 Å². The molecule has 0 aromatic carbocycles. The zero-order chi connectivity index (χ0) is 11.8. The predicted molar refractivity (Wildman–Crippen MR) is 59.0 cm³/mol. The van der Waals surface area contributed by atoms with Gasteiger partial charge in [0.15, 0.2) is 5.82 Å². The molecule has 3 unspecified atom stereocenters. The highest BCUT2D eigenvalue weighted by atomic mass is 16.5. The van der Waals surface area contributed by atoms with Crippen LogP contribution >= 0.6 is 0 Å². The number of tetrazole rings is 1. The number of hydrogen-bond acceptors (Lipinski definition) is 5. The zero-order valence-electron chi connectivity index (χ0n) is 10.3. The van der Waals surface area contributed by atoms with E-state index >= 15 is 0 Å². The van der Waals surface area contributed by atoms with Crippen LogP contribution < -0.4 is 5.32 Å². The third-order valence-corrected chi connectivity index (χ3v) is 3.65. The third-order valence-electron chi connectivity index (χ3n) is 3.65. The van der Waals surface area contributed by atoms with Crippen LogP contribution in [-0.2, 0) is 10.3 Å². The smallest absolute Gasteiger partial charge is 0.168 e. The van der Waals surface area contributed by atoms with Gasteiger partial charge in [0.2, 0.25) is 0 Å². The molecule has 0 amide bonds. The van der Waals surface area contributed by atoms with Gasteiger partial charge in [-0.05, 0) is 44.7 Å². The summed E-state index contributed by atoms with van der Waals surface area (Å²) in [5.74, 6) is 0.863. The maximum atomic E-state index is 5.62. The Labute approximate surface area is 95.4 Å². The number of rotatable bonds is 3. The third kappa shape index (κ3) is 1.62. The van der Waals surface area contributed by atoms with Gasteiger partial charge in [-0.15, -0.1) is 5.10 Å². The van der Waals surface area contributed by atoms with E-state index in [0.29, 0.717) is 0 Å². The van der Waals surface area contributed by atoms with E-state index in [1.54, 1.807) is 0 Å². The topological polar surface area (TPSA) is 64.9 Å². The fourth-order valence-corrected chi connectivity index (χ4v) is 2.06. The average molecular weight is 225 g/mol. The Morgan fingerprint density at radius 1 is 1.62 bits per heavy atom. The van der Waals surface area contributed by atoms with E-state index in [2.05, 4.69) is 34.7 Å². The second-order valence-electron chi connectivity index (χ2n) is 4.58. The van der Waals surface area contributed by atoms with Crippen LogP contribution in [0.2, 0.25) is 0 Å². The summed E-state index contributed by atoms with van der Waals surface area (Å²) in [5, 5.41) is 15.2. The van der Waals surface area contributed by atoms with Crippen LogP contribution in [-0.4, -0.2) is 40.0 Å². The Morgan fingerprint density at radius 2 is 2.38 bits per heavy atom. The maximum absolute atomic E-state index is 5.62. The molecule has 0 spiro atoms. The molecule has 1 saturated heterocycles. The van der Waals surface area contributed by atoms with Gasteiger partial charge in [-0.25, -0.2) is 4.68 Å². The second-order valence-corrected chi connectivity index (χ2v) is 4.58. The van der Waals surface area contributed by atoms with Gasteiger partial charge in [-0.1, -0.05) is 0 Å². The van der Waals surface area contributed by atoms with Crippen LogP contribution in [0.25, 0.3) is 0 Å². The Hall–Kier alpha value is -1.01. The molecule has 16 heavy (non-hydrogen) atoms. The molecule has 1 N–H and O–H groups in total. The van der Waals surface area contributed by atoms with Crippen molar-refractivity contribution in [2.75, 3.05) is 13.7 Å². The summed E-state index contributed by atoms with van der Waals surface area (Å²) in [7, 11) is 1.90. The molecule has 1 aromatic heterocycles. The summed E-state index contributed by atoms with van der Waals surface area (Å²) >= 11 is 0. The van der Waals surface area contributed by atoms with Gasteiger partial charge in [0.25, 0.3) is 0 Å². The van der Waals surface area contributed by atoms with Gasteiger partial charge in [-0.2, -0.15) is 0 Å². The molecule has 90 valence electrons. The highest BCUT2D eigenvalue weighted by Crippen LogP contribution is 2.33. The minimum Gasteiger partial charge on any atom is -0.376 e. The Morgan fingerprint density at radius 3 is 2.94 bits per heavy atom. The number of hydrogen-bond donors (Lipinski definition) is 1. The average Bonchev–Trinajstić information content (AvgIpc) is 2.86. The van der Waals surface area contributed by atoms with Crippen molar-refractivity contribution in [2.45, 2.75) is 44.9 Å². The van der Waals surface area contributed by atoms with Crippen LogP contribution in [0.1, 0.15) is 39.1 Å². The standard InChI is InChI=1S/C10H19N5O/c1-7(11-4)9-12-13-14-15(9)10(3)5-6-16-8(10)2/h7-8,11H,5-6H2,1-4H3. The monoisotopic (exact) mass is 225 g/mol. The molecular formula is C10H19N5O. The molecule has 2 heterocycles. The lowest BCUT2D eigenvalue weighted by Gasteiger charge is -2.29. The van der Waals surface area contributed by atoms with Gasteiger partial charge in [-0.3, -0.25) is 0 Å². The van der Waals surface area contributed by atoms with Crippen LogP contribution in [0, 0.1) is 0 Å². The lowest BCUT2D eigenvalue weighted by Crippen LogP contribution is -2.40. The first-order valence-electron chi connectivity index (χ1n) is 5.67. The van der Waals surface area contributed by atoms with Crippen molar-refractivity contribution in [3.8, 4) is 0 Å². The first-order chi connectivity index (χ1) is 7.59. The summed E-state index contributed by atoms with van der Waals surface area (Å²) in [6, 6.07) is 0.139. The fraction of sp³-hybridized carbons (Fsp3) is 0.900. The summed E-state index contributed by atoms with van der Waals surface area (Å²) in [5.41, 5.74) is -0.135. The molecule has 1 aromatic rings. The number of aromatic nitrogens is 4. The molecule has 1 fully saturated rings. The Balaban J connectivity index is 2.36. The van der Waals surface area contributed by atoms with Gasteiger partial charge in [0.05, 0.1) is 17.7 Å². The first-order valence-corrected chi connectivity index (χ1v) is 5.67. The van der Waals surface area contributed by atoms with Crippen molar-refractivity contribution in [1.82, 2.24) is 25.5 Å². The molecule has 1 aliphatic heterocycles. The van der Waals surface area contributed by atoms with Crippen molar-refractivity contribution < 1.29 is 4.74 Å². The molecule has 6 nitrogen and oxygen atoms in total. The summed E-state index contributed by atoms with van der Waals surface area (Å²) < 4.78 is 7.53. The molecular weight excluding hydrogens is 206 g/mol. The largest absolute Gasteiger partial charge is 0.376 e. The van der Waals surface area contributed by atoms with E-state index in [1.165, 1.54) is 0 Å². The molecule has 3 atom stereocenters. The van der Waals surface area contributed by atoms with E-state index in [1.807, 2.05) is 18.7 Å². The maximum Gasteiger partial charge on any atom is 0.168 e. The number of nitrogens with one attached hydrogen (secondary N) is 1. The van der Waals surface area contributed by atoms with Gasteiger partial charge in [0.1, 0.15) is 0 Å². The van der Waals surface area contributed by atoms with Crippen molar-refractivity contribution in [3.05, 3.63) is 5.82 Å². The van der Waals surface area contributed by atoms with Crippen molar-refractivity contribution in [1.29, 1.82) is 0 Å². The Bertz CT molecular complexity index is 366.